The van der Waals surface area contributed by atoms with Crippen molar-refractivity contribution in [2.75, 3.05) is 11.9 Å². The lowest BCUT2D eigenvalue weighted by Gasteiger charge is -2.08. The van der Waals surface area contributed by atoms with E-state index in [9.17, 15) is 14.4 Å². The number of anilines is 1. The molecule has 3 N–H and O–H groups in total. The minimum absolute atomic E-state index is 0.0893. The van der Waals surface area contributed by atoms with Crippen molar-refractivity contribution in [3.05, 3.63) is 76.4 Å². The molecule has 8 heteroatoms. The van der Waals surface area contributed by atoms with Crippen LogP contribution in [0.1, 0.15) is 25.8 Å². The zero-order chi connectivity index (χ0) is 19.1. The van der Waals surface area contributed by atoms with Crippen LogP contribution in [0.15, 0.2) is 64.6 Å². The van der Waals surface area contributed by atoms with Gasteiger partial charge in [-0.15, -0.1) is 11.3 Å². The van der Waals surface area contributed by atoms with Gasteiger partial charge in [-0.1, -0.05) is 18.2 Å². The number of carbonyl (C=O) groups excluding carboxylic acids is 3. The van der Waals surface area contributed by atoms with Crippen LogP contribution in [-0.2, 0) is 11.3 Å². The van der Waals surface area contributed by atoms with Crippen molar-refractivity contribution in [1.29, 1.82) is 0 Å². The third-order valence-electron chi connectivity index (χ3n) is 3.60. The van der Waals surface area contributed by atoms with E-state index in [2.05, 4.69) is 16.0 Å². The summed E-state index contributed by atoms with van der Waals surface area (Å²) >= 11 is 1.32. The van der Waals surface area contributed by atoms with E-state index in [1.807, 2.05) is 0 Å². The third kappa shape index (κ3) is 5.29. The van der Waals surface area contributed by atoms with Crippen molar-refractivity contribution in [2.24, 2.45) is 0 Å². The number of amides is 3. The molecular formula is C19H17N3O4S. The predicted octanol–water partition coefficient (Wildman–Crippen LogP) is 2.64. The largest absolute Gasteiger partial charge is 0.459 e. The van der Waals surface area contributed by atoms with E-state index in [0.29, 0.717) is 17.1 Å². The Bertz CT molecular complexity index is 903. The second kappa shape index (κ2) is 8.81. The lowest BCUT2D eigenvalue weighted by molar-refractivity contribution is -0.120. The molecule has 27 heavy (non-hydrogen) atoms. The second-order valence-electron chi connectivity index (χ2n) is 5.57. The molecule has 0 atom stereocenters. The van der Waals surface area contributed by atoms with Gasteiger partial charge in [0.15, 0.2) is 5.76 Å². The molecule has 0 aliphatic carbocycles. The molecule has 3 amide bonds. The molecule has 2 heterocycles. The first-order valence-electron chi connectivity index (χ1n) is 8.14. The van der Waals surface area contributed by atoms with Crippen LogP contribution in [0.25, 0.3) is 0 Å². The Balaban J connectivity index is 1.42. The zero-order valence-corrected chi connectivity index (χ0v) is 15.0. The fraction of sp³-hybridized carbons (Fsp3) is 0.105. The fourth-order valence-electron chi connectivity index (χ4n) is 2.22. The Morgan fingerprint density at radius 2 is 1.74 bits per heavy atom. The Labute approximate surface area is 159 Å². The number of carbonyl (C=O) groups is 3. The molecule has 0 aliphatic heterocycles. The number of furan rings is 1. The van der Waals surface area contributed by atoms with Gasteiger partial charge in [0.05, 0.1) is 17.7 Å². The lowest BCUT2D eigenvalue weighted by atomic mass is 10.2. The van der Waals surface area contributed by atoms with Crippen LogP contribution >= 0.6 is 11.3 Å². The molecule has 0 unspecified atom stereocenters. The Morgan fingerprint density at radius 1 is 0.926 bits per heavy atom. The van der Waals surface area contributed by atoms with Crippen molar-refractivity contribution < 1.29 is 18.8 Å². The zero-order valence-electron chi connectivity index (χ0n) is 14.2. The van der Waals surface area contributed by atoms with E-state index in [1.54, 1.807) is 53.9 Å². The molecule has 1 aromatic carbocycles. The number of thiophene rings is 1. The van der Waals surface area contributed by atoms with E-state index in [0.717, 1.165) is 5.56 Å². The van der Waals surface area contributed by atoms with E-state index >= 15 is 0 Å². The summed E-state index contributed by atoms with van der Waals surface area (Å²) in [5, 5.41) is 9.82. The minimum atomic E-state index is -0.331. The van der Waals surface area contributed by atoms with E-state index in [-0.39, 0.29) is 30.0 Å². The molecule has 0 saturated carbocycles. The average Bonchev–Trinajstić information content (AvgIpc) is 3.39. The molecule has 0 fully saturated rings. The number of benzene rings is 1. The quantitative estimate of drug-likeness (QED) is 0.584. The van der Waals surface area contributed by atoms with Crippen molar-refractivity contribution in [2.45, 2.75) is 6.54 Å². The van der Waals surface area contributed by atoms with Gasteiger partial charge in [-0.3, -0.25) is 14.4 Å². The number of hydrogen-bond donors (Lipinski definition) is 3. The first-order chi connectivity index (χ1) is 13.1. The van der Waals surface area contributed by atoms with Gasteiger partial charge < -0.3 is 20.4 Å². The lowest BCUT2D eigenvalue weighted by Crippen LogP contribution is -2.36. The van der Waals surface area contributed by atoms with Gasteiger partial charge in [-0.25, -0.2) is 0 Å². The molecule has 3 aromatic rings. The van der Waals surface area contributed by atoms with Crippen LogP contribution in [-0.4, -0.2) is 24.3 Å². The summed E-state index contributed by atoms with van der Waals surface area (Å²) in [6, 6.07) is 13.8. The van der Waals surface area contributed by atoms with Crippen LogP contribution in [0.4, 0.5) is 5.69 Å². The fourth-order valence-corrected chi connectivity index (χ4v) is 2.87. The molecule has 7 nitrogen and oxygen atoms in total. The number of rotatable bonds is 7. The van der Waals surface area contributed by atoms with Gasteiger partial charge in [-0.2, -0.15) is 0 Å². The standard InChI is InChI=1S/C19H17N3O4S/c23-17(12-21-19(25)16-4-2-10-27-16)20-11-13-5-7-14(8-6-13)22-18(24)15-3-1-9-26-15/h1-10H,11-12H2,(H,20,23)(H,21,25)(H,22,24). The SMILES string of the molecule is O=C(CNC(=O)c1cccs1)NCc1ccc(NC(=O)c2ccco2)cc1. The van der Waals surface area contributed by atoms with Gasteiger partial charge in [0.1, 0.15) is 0 Å². The summed E-state index contributed by atoms with van der Waals surface area (Å²) in [5.41, 5.74) is 1.48. The van der Waals surface area contributed by atoms with Crippen molar-refractivity contribution >= 4 is 34.7 Å². The minimum Gasteiger partial charge on any atom is -0.459 e. The smallest absolute Gasteiger partial charge is 0.291 e. The molecule has 138 valence electrons. The van der Waals surface area contributed by atoms with Crippen LogP contribution in [0.2, 0.25) is 0 Å². The van der Waals surface area contributed by atoms with Crippen LogP contribution in [0.5, 0.6) is 0 Å². The maximum absolute atomic E-state index is 11.9. The normalized spacial score (nSPS) is 10.2. The molecule has 0 saturated heterocycles. The van der Waals surface area contributed by atoms with Gasteiger partial charge in [0.25, 0.3) is 11.8 Å². The van der Waals surface area contributed by atoms with Crippen molar-refractivity contribution in [3.8, 4) is 0 Å². The first-order valence-corrected chi connectivity index (χ1v) is 9.02. The average molecular weight is 383 g/mol. The maximum Gasteiger partial charge on any atom is 0.291 e. The van der Waals surface area contributed by atoms with Gasteiger partial charge >= 0.3 is 0 Å². The van der Waals surface area contributed by atoms with Gasteiger partial charge in [0.2, 0.25) is 5.91 Å². The summed E-state index contributed by atoms with van der Waals surface area (Å²) in [7, 11) is 0. The first kappa shape index (κ1) is 18.4. The van der Waals surface area contributed by atoms with Crippen LogP contribution < -0.4 is 16.0 Å². The van der Waals surface area contributed by atoms with Gasteiger partial charge in [-0.05, 0) is 41.3 Å². The highest BCUT2D eigenvalue weighted by molar-refractivity contribution is 7.12. The molecule has 0 spiro atoms. The molecule has 0 radical (unpaired) electrons. The van der Waals surface area contributed by atoms with E-state index in [4.69, 9.17) is 4.42 Å². The number of nitrogens with one attached hydrogen (secondary N) is 3. The third-order valence-corrected chi connectivity index (χ3v) is 4.47. The van der Waals surface area contributed by atoms with Crippen molar-refractivity contribution in [1.82, 2.24) is 10.6 Å². The Kier molecular flexibility index (Phi) is 6.01. The monoisotopic (exact) mass is 383 g/mol. The summed E-state index contributed by atoms with van der Waals surface area (Å²) in [4.78, 5) is 36.1. The molecular weight excluding hydrogens is 366 g/mol. The van der Waals surface area contributed by atoms with Crippen LogP contribution in [0, 0.1) is 0 Å². The summed E-state index contributed by atoms with van der Waals surface area (Å²) in [6.07, 6.45) is 1.43. The van der Waals surface area contributed by atoms with E-state index < -0.39 is 0 Å². The topological polar surface area (TPSA) is 100 Å². The highest BCUT2D eigenvalue weighted by Crippen LogP contribution is 2.12. The molecule has 0 aliphatic rings. The van der Waals surface area contributed by atoms with Crippen LogP contribution in [0.3, 0.4) is 0 Å². The summed E-state index contributed by atoms with van der Waals surface area (Å²) in [6.45, 7) is 0.230. The van der Waals surface area contributed by atoms with E-state index in [1.165, 1.54) is 17.6 Å². The molecule has 3 rings (SSSR count). The highest BCUT2D eigenvalue weighted by atomic mass is 32.1. The number of hydrogen-bond acceptors (Lipinski definition) is 5. The Morgan fingerprint density at radius 3 is 2.41 bits per heavy atom. The molecule has 0 bridgehead atoms. The van der Waals surface area contributed by atoms with Gasteiger partial charge in [0, 0.05) is 12.2 Å². The second-order valence-corrected chi connectivity index (χ2v) is 6.51. The highest BCUT2D eigenvalue weighted by Gasteiger charge is 2.10. The maximum atomic E-state index is 11.9. The summed E-state index contributed by atoms with van der Waals surface area (Å²) in [5.74, 6) is -0.648. The Hall–Kier alpha value is -3.39. The predicted molar refractivity (Wildman–Crippen MR) is 102 cm³/mol. The van der Waals surface area contributed by atoms with Crippen molar-refractivity contribution in [3.63, 3.8) is 0 Å². The summed E-state index contributed by atoms with van der Waals surface area (Å²) < 4.78 is 5.03. The molecule has 2 aromatic heterocycles.